The molecule has 138 valence electrons. The molecule has 0 N–H and O–H groups in total. The van der Waals surface area contributed by atoms with Crippen LogP contribution in [0.1, 0.15) is 24.5 Å². The van der Waals surface area contributed by atoms with Crippen LogP contribution in [0.15, 0.2) is 57.7 Å². The van der Waals surface area contributed by atoms with Crippen molar-refractivity contribution in [1.82, 2.24) is 0 Å². The van der Waals surface area contributed by atoms with Crippen molar-refractivity contribution in [1.29, 1.82) is 0 Å². The first-order valence-electron chi connectivity index (χ1n) is 9.13. The number of amides is 1. The Morgan fingerprint density at radius 3 is 2.85 bits per heavy atom. The fourth-order valence-corrected chi connectivity index (χ4v) is 3.62. The summed E-state index contributed by atoms with van der Waals surface area (Å²) in [7, 11) is 0. The first kappa shape index (κ1) is 17.3. The minimum atomic E-state index is -0.648. The molecule has 3 aromatic rings. The van der Waals surface area contributed by atoms with E-state index in [1.165, 1.54) is 11.6 Å². The quantitative estimate of drug-likeness (QED) is 0.663. The van der Waals surface area contributed by atoms with Gasteiger partial charge in [0.1, 0.15) is 11.3 Å². The molecule has 4 rings (SSSR count). The lowest BCUT2D eigenvalue weighted by atomic mass is 10.0. The normalized spacial score (nSPS) is 14.7. The summed E-state index contributed by atoms with van der Waals surface area (Å²) < 4.78 is 11.1. The Balaban J connectivity index is 1.57. The molecular formula is C22H21NO4. The minimum absolute atomic E-state index is 0.0760. The molecule has 5 heteroatoms. The maximum Gasteiger partial charge on any atom is 0.336 e. The number of rotatable bonds is 3. The molecule has 2 heterocycles. The van der Waals surface area contributed by atoms with E-state index in [2.05, 4.69) is 6.07 Å². The molecule has 0 unspecified atom stereocenters. The number of hydrogen-bond donors (Lipinski definition) is 0. The van der Waals surface area contributed by atoms with Gasteiger partial charge in [0.05, 0.1) is 0 Å². The third kappa shape index (κ3) is 3.33. The Labute approximate surface area is 157 Å². The predicted octanol–water partition coefficient (Wildman–Crippen LogP) is 3.85. The summed E-state index contributed by atoms with van der Waals surface area (Å²) in [5.41, 5.74) is 3.06. The smallest absolute Gasteiger partial charge is 0.336 e. The first-order chi connectivity index (χ1) is 13.0. The van der Waals surface area contributed by atoms with Crippen LogP contribution in [0.5, 0.6) is 5.75 Å². The van der Waals surface area contributed by atoms with Crippen molar-refractivity contribution in [3.8, 4) is 5.75 Å². The summed E-state index contributed by atoms with van der Waals surface area (Å²) >= 11 is 0. The number of hydrogen-bond acceptors (Lipinski definition) is 4. The van der Waals surface area contributed by atoms with Crippen LogP contribution >= 0.6 is 0 Å². The maximum absolute atomic E-state index is 13.0. The van der Waals surface area contributed by atoms with E-state index in [1.807, 2.05) is 31.2 Å². The summed E-state index contributed by atoms with van der Waals surface area (Å²) in [4.78, 5) is 26.4. The molecule has 0 saturated carbocycles. The van der Waals surface area contributed by atoms with Crippen LogP contribution in [0, 0.1) is 6.92 Å². The van der Waals surface area contributed by atoms with Crippen molar-refractivity contribution in [3.05, 3.63) is 70.1 Å². The SMILES string of the molecule is Cc1cc(=O)oc2cc(O[C@@H](C)C(=O)N3CCCc4ccccc43)ccc12. The largest absolute Gasteiger partial charge is 0.481 e. The van der Waals surface area contributed by atoms with Gasteiger partial charge in [-0.15, -0.1) is 0 Å². The molecule has 1 aliphatic heterocycles. The van der Waals surface area contributed by atoms with Gasteiger partial charge in [0.25, 0.3) is 5.91 Å². The molecule has 27 heavy (non-hydrogen) atoms. The van der Waals surface area contributed by atoms with Crippen molar-refractivity contribution >= 4 is 22.6 Å². The summed E-state index contributed by atoms with van der Waals surface area (Å²) in [5, 5.41) is 0.853. The van der Waals surface area contributed by atoms with E-state index in [0.717, 1.165) is 29.5 Å². The number of nitrogens with zero attached hydrogens (tertiary/aromatic N) is 1. The van der Waals surface area contributed by atoms with E-state index >= 15 is 0 Å². The van der Waals surface area contributed by atoms with Gasteiger partial charge in [0.2, 0.25) is 0 Å². The molecule has 1 atom stereocenters. The maximum atomic E-state index is 13.0. The van der Waals surface area contributed by atoms with Crippen molar-refractivity contribution < 1.29 is 13.9 Å². The molecule has 0 fully saturated rings. The van der Waals surface area contributed by atoms with Crippen LogP contribution in [-0.4, -0.2) is 18.6 Å². The van der Waals surface area contributed by atoms with Gasteiger partial charge in [0, 0.05) is 29.8 Å². The highest BCUT2D eigenvalue weighted by atomic mass is 16.5. The summed E-state index contributed by atoms with van der Waals surface area (Å²) in [6, 6.07) is 14.8. The zero-order chi connectivity index (χ0) is 19.0. The second-order valence-electron chi connectivity index (χ2n) is 6.89. The van der Waals surface area contributed by atoms with Gasteiger partial charge in [-0.2, -0.15) is 0 Å². The van der Waals surface area contributed by atoms with Gasteiger partial charge in [-0.05, 0) is 56.0 Å². The highest BCUT2D eigenvalue weighted by Crippen LogP contribution is 2.28. The van der Waals surface area contributed by atoms with Gasteiger partial charge < -0.3 is 14.1 Å². The molecule has 2 aromatic carbocycles. The van der Waals surface area contributed by atoms with E-state index < -0.39 is 11.7 Å². The second-order valence-corrected chi connectivity index (χ2v) is 6.89. The Hall–Kier alpha value is -3.08. The van der Waals surface area contributed by atoms with E-state index in [0.29, 0.717) is 17.9 Å². The molecule has 0 bridgehead atoms. The van der Waals surface area contributed by atoms with Crippen molar-refractivity contribution in [3.63, 3.8) is 0 Å². The lowest BCUT2D eigenvalue weighted by molar-refractivity contribution is -0.124. The predicted molar refractivity (Wildman–Crippen MR) is 104 cm³/mol. The van der Waals surface area contributed by atoms with Crippen LogP contribution < -0.4 is 15.3 Å². The van der Waals surface area contributed by atoms with Gasteiger partial charge in [-0.3, -0.25) is 4.79 Å². The molecule has 1 amide bonds. The van der Waals surface area contributed by atoms with Crippen LogP contribution in [-0.2, 0) is 11.2 Å². The summed E-state index contributed by atoms with van der Waals surface area (Å²) in [5.74, 6) is 0.426. The number of carbonyl (C=O) groups is 1. The van der Waals surface area contributed by atoms with Crippen LogP contribution in [0.25, 0.3) is 11.0 Å². The molecule has 0 saturated heterocycles. The lowest BCUT2D eigenvalue weighted by Crippen LogP contribution is -2.43. The average Bonchev–Trinajstić information content (AvgIpc) is 2.66. The van der Waals surface area contributed by atoms with E-state index in [9.17, 15) is 9.59 Å². The molecule has 0 radical (unpaired) electrons. The first-order valence-corrected chi connectivity index (χ1v) is 9.13. The Bertz CT molecular complexity index is 1070. The molecule has 1 aliphatic rings. The number of ether oxygens (including phenoxy) is 1. The number of anilines is 1. The topological polar surface area (TPSA) is 59.8 Å². The molecular weight excluding hydrogens is 342 g/mol. The number of carbonyl (C=O) groups excluding carboxylic acids is 1. The molecule has 1 aromatic heterocycles. The van der Waals surface area contributed by atoms with Crippen molar-refractivity contribution in [2.45, 2.75) is 32.8 Å². The van der Waals surface area contributed by atoms with E-state index in [1.54, 1.807) is 24.0 Å². The van der Waals surface area contributed by atoms with Crippen molar-refractivity contribution in [2.24, 2.45) is 0 Å². The molecule has 0 aliphatic carbocycles. The van der Waals surface area contributed by atoms with Gasteiger partial charge in [-0.25, -0.2) is 4.79 Å². The highest BCUT2D eigenvalue weighted by molar-refractivity contribution is 5.97. The van der Waals surface area contributed by atoms with Crippen LogP contribution in [0.4, 0.5) is 5.69 Å². The number of benzene rings is 2. The number of fused-ring (bicyclic) bond motifs is 2. The average molecular weight is 363 g/mol. The Morgan fingerprint density at radius 2 is 2.00 bits per heavy atom. The lowest BCUT2D eigenvalue weighted by Gasteiger charge is -2.31. The third-order valence-electron chi connectivity index (χ3n) is 4.96. The van der Waals surface area contributed by atoms with Gasteiger partial charge in [-0.1, -0.05) is 18.2 Å². The van der Waals surface area contributed by atoms with Crippen LogP contribution in [0.2, 0.25) is 0 Å². The fourth-order valence-electron chi connectivity index (χ4n) is 3.62. The van der Waals surface area contributed by atoms with Crippen LogP contribution in [0.3, 0.4) is 0 Å². The fraction of sp³-hybridized carbons (Fsp3) is 0.273. The highest BCUT2D eigenvalue weighted by Gasteiger charge is 2.27. The van der Waals surface area contributed by atoms with Gasteiger partial charge >= 0.3 is 5.63 Å². The monoisotopic (exact) mass is 363 g/mol. The summed E-state index contributed by atoms with van der Waals surface area (Å²) in [6.07, 6.45) is 1.28. The molecule has 5 nitrogen and oxygen atoms in total. The number of aryl methyl sites for hydroxylation is 2. The zero-order valence-electron chi connectivity index (χ0n) is 15.4. The minimum Gasteiger partial charge on any atom is -0.481 e. The standard InChI is InChI=1S/C22H21NO4/c1-14-12-21(24)27-20-13-17(9-10-18(14)20)26-15(2)22(25)23-11-5-7-16-6-3-4-8-19(16)23/h3-4,6,8-10,12-13,15H,5,7,11H2,1-2H3/t15-/m0/s1. The van der Waals surface area contributed by atoms with E-state index in [4.69, 9.17) is 9.15 Å². The Morgan fingerprint density at radius 1 is 1.19 bits per heavy atom. The zero-order valence-corrected chi connectivity index (χ0v) is 15.4. The Kier molecular flexibility index (Phi) is 4.44. The second kappa shape index (κ2) is 6.91. The van der Waals surface area contributed by atoms with Gasteiger partial charge in [0.15, 0.2) is 6.10 Å². The molecule has 0 spiro atoms. The third-order valence-corrected chi connectivity index (χ3v) is 4.96. The van der Waals surface area contributed by atoms with Crippen molar-refractivity contribution in [2.75, 3.05) is 11.4 Å². The summed E-state index contributed by atoms with van der Waals surface area (Å²) in [6.45, 7) is 4.30. The number of para-hydroxylation sites is 1. The van der Waals surface area contributed by atoms with E-state index in [-0.39, 0.29) is 5.91 Å².